The van der Waals surface area contributed by atoms with Gasteiger partial charge in [0.1, 0.15) is 18.0 Å². The van der Waals surface area contributed by atoms with E-state index in [4.69, 9.17) is 16.4 Å². The smallest absolute Gasteiger partial charge is 0.199 e. The molecule has 7 heteroatoms. The number of aliphatic imine (C=N–C) groups is 1. The predicted octanol–water partition coefficient (Wildman–Crippen LogP) is 4.78. The minimum Gasteiger partial charge on any atom is -0.494 e. The first-order valence-electron chi connectivity index (χ1n) is 7.64. The van der Waals surface area contributed by atoms with Crippen LogP contribution in [0.25, 0.3) is 10.9 Å². The molecule has 5 nitrogen and oxygen atoms in total. The number of para-hydroxylation sites is 1. The van der Waals surface area contributed by atoms with Crippen LogP contribution in [0.1, 0.15) is 11.1 Å². The van der Waals surface area contributed by atoms with Gasteiger partial charge < -0.3 is 14.9 Å². The van der Waals surface area contributed by atoms with Gasteiger partial charge >= 0.3 is 0 Å². The maximum Gasteiger partial charge on any atom is 0.199 e. The number of oxime groups is 1. The molecule has 0 saturated carbocycles. The van der Waals surface area contributed by atoms with Crippen LogP contribution in [0.4, 0.5) is 5.69 Å². The second kappa shape index (κ2) is 6.54. The number of alkyl halides is 1. The lowest BCUT2D eigenvalue weighted by molar-refractivity contribution is 0.163. The Morgan fingerprint density at radius 2 is 2.08 bits per heavy atom. The lowest BCUT2D eigenvalue weighted by atomic mass is 10.0. The Morgan fingerprint density at radius 3 is 2.92 bits per heavy atom. The standard InChI is InChI=1S/C18H13BrClN3O2/c19-7-8-25-23-16-11-3-1-2-4-13(11)21-17(16)15-12-9-10(20)5-6-14(12)22-18(15)24/h1-6,9,22,24H,7-8H2. The number of hydrogen-bond donors (Lipinski definition) is 2. The molecule has 1 aliphatic heterocycles. The van der Waals surface area contributed by atoms with E-state index < -0.39 is 0 Å². The Morgan fingerprint density at radius 1 is 1.24 bits per heavy atom. The van der Waals surface area contributed by atoms with Crippen molar-refractivity contribution in [2.45, 2.75) is 0 Å². The van der Waals surface area contributed by atoms with Gasteiger partial charge in [-0.05, 0) is 24.3 Å². The van der Waals surface area contributed by atoms with Gasteiger partial charge in [0.15, 0.2) is 5.88 Å². The van der Waals surface area contributed by atoms with Crippen molar-refractivity contribution in [3.63, 3.8) is 0 Å². The number of halogens is 2. The van der Waals surface area contributed by atoms with Gasteiger partial charge in [-0.15, -0.1) is 0 Å². The highest BCUT2D eigenvalue weighted by molar-refractivity contribution is 9.09. The molecule has 0 amide bonds. The molecular formula is C18H13BrClN3O2. The molecule has 0 aliphatic carbocycles. The SMILES string of the molecule is Oc1[nH]c2ccc(Cl)cc2c1C1=Nc2ccccc2C1=NOCCBr. The molecule has 0 bridgehead atoms. The number of hydrogen-bond acceptors (Lipinski definition) is 4. The maximum atomic E-state index is 10.5. The molecule has 25 heavy (non-hydrogen) atoms. The Labute approximate surface area is 157 Å². The van der Waals surface area contributed by atoms with Crippen molar-refractivity contribution in [2.24, 2.45) is 10.1 Å². The van der Waals surface area contributed by atoms with Gasteiger partial charge in [0, 0.05) is 26.8 Å². The largest absolute Gasteiger partial charge is 0.494 e. The van der Waals surface area contributed by atoms with Gasteiger partial charge in [-0.3, -0.25) is 0 Å². The summed E-state index contributed by atoms with van der Waals surface area (Å²) in [7, 11) is 0. The molecule has 2 heterocycles. The number of nitrogens with one attached hydrogen (secondary N) is 1. The number of aromatic hydroxyl groups is 1. The van der Waals surface area contributed by atoms with Gasteiger partial charge in [0.25, 0.3) is 0 Å². The minimum absolute atomic E-state index is 0.0250. The number of benzene rings is 2. The zero-order chi connectivity index (χ0) is 17.4. The van der Waals surface area contributed by atoms with Crippen molar-refractivity contribution in [3.8, 4) is 5.88 Å². The van der Waals surface area contributed by atoms with E-state index in [0.29, 0.717) is 33.9 Å². The summed E-state index contributed by atoms with van der Waals surface area (Å²) in [6, 6.07) is 13.1. The molecule has 0 saturated heterocycles. The third-order valence-electron chi connectivity index (χ3n) is 3.92. The van der Waals surface area contributed by atoms with Crippen molar-refractivity contribution in [1.82, 2.24) is 4.98 Å². The molecule has 0 spiro atoms. The quantitative estimate of drug-likeness (QED) is 0.364. The summed E-state index contributed by atoms with van der Waals surface area (Å²) >= 11 is 9.45. The van der Waals surface area contributed by atoms with E-state index in [9.17, 15) is 5.11 Å². The van der Waals surface area contributed by atoms with Crippen molar-refractivity contribution < 1.29 is 9.94 Å². The van der Waals surface area contributed by atoms with Crippen LogP contribution in [0.5, 0.6) is 5.88 Å². The Balaban J connectivity index is 1.91. The Bertz CT molecular complexity index is 1030. The molecule has 1 aromatic heterocycles. The molecule has 0 radical (unpaired) electrons. The third-order valence-corrected chi connectivity index (χ3v) is 4.48. The zero-order valence-electron chi connectivity index (χ0n) is 13.0. The summed E-state index contributed by atoms with van der Waals surface area (Å²) in [4.78, 5) is 13.0. The van der Waals surface area contributed by atoms with E-state index in [1.54, 1.807) is 12.1 Å². The molecule has 3 aromatic rings. The van der Waals surface area contributed by atoms with Crippen LogP contribution in [0.15, 0.2) is 52.6 Å². The monoisotopic (exact) mass is 417 g/mol. The molecule has 4 rings (SSSR count). The van der Waals surface area contributed by atoms with E-state index in [0.717, 1.165) is 22.2 Å². The number of H-pyrrole nitrogens is 1. The Kier molecular flexibility index (Phi) is 4.23. The molecule has 0 fully saturated rings. The lowest BCUT2D eigenvalue weighted by Crippen LogP contribution is -2.13. The third kappa shape index (κ3) is 2.81. The van der Waals surface area contributed by atoms with Crippen molar-refractivity contribution in [2.75, 3.05) is 11.9 Å². The first-order chi connectivity index (χ1) is 12.2. The second-order valence-corrected chi connectivity index (χ2v) is 6.71. The van der Waals surface area contributed by atoms with Crippen LogP contribution >= 0.6 is 27.5 Å². The first kappa shape index (κ1) is 16.2. The van der Waals surface area contributed by atoms with Crippen LogP contribution in [-0.4, -0.2) is 33.5 Å². The number of aromatic amines is 1. The number of nitrogens with zero attached hydrogens (tertiary/aromatic N) is 2. The predicted molar refractivity (Wildman–Crippen MR) is 104 cm³/mol. The summed E-state index contributed by atoms with van der Waals surface area (Å²) in [6.45, 7) is 0.435. The van der Waals surface area contributed by atoms with Crippen molar-refractivity contribution >= 4 is 55.5 Å². The number of fused-ring (bicyclic) bond motifs is 2. The van der Waals surface area contributed by atoms with Gasteiger partial charge in [0.2, 0.25) is 0 Å². The summed E-state index contributed by atoms with van der Waals surface area (Å²) in [5.74, 6) is 0.0250. The van der Waals surface area contributed by atoms with Crippen molar-refractivity contribution in [3.05, 3.63) is 58.6 Å². The van der Waals surface area contributed by atoms with Crippen LogP contribution < -0.4 is 0 Å². The van der Waals surface area contributed by atoms with Gasteiger partial charge in [0.05, 0.1) is 11.3 Å². The summed E-state index contributed by atoms with van der Waals surface area (Å²) in [6.07, 6.45) is 0. The highest BCUT2D eigenvalue weighted by atomic mass is 79.9. The molecule has 0 atom stereocenters. The minimum atomic E-state index is 0.0250. The second-order valence-electron chi connectivity index (χ2n) is 5.48. The topological polar surface area (TPSA) is 70.0 Å². The molecule has 1 aliphatic rings. The fourth-order valence-electron chi connectivity index (χ4n) is 2.87. The lowest BCUT2D eigenvalue weighted by Gasteiger charge is -2.04. The highest BCUT2D eigenvalue weighted by Crippen LogP contribution is 2.36. The average Bonchev–Trinajstić information content (AvgIpc) is 3.11. The van der Waals surface area contributed by atoms with E-state index in [1.165, 1.54) is 0 Å². The first-order valence-corrected chi connectivity index (χ1v) is 9.14. The van der Waals surface area contributed by atoms with Crippen LogP contribution in [0.2, 0.25) is 5.02 Å². The van der Waals surface area contributed by atoms with E-state index in [1.807, 2.05) is 30.3 Å². The van der Waals surface area contributed by atoms with Gasteiger partial charge in [-0.25, -0.2) is 4.99 Å². The Hall–Kier alpha value is -2.31. The average molecular weight is 419 g/mol. The normalized spacial score (nSPS) is 14.8. The van der Waals surface area contributed by atoms with Crippen LogP contribution in [0, 0.1) is 0 Å². The summed E-state index contributed by atoms with van der Waals surface area (Å²) < 4.78 is 0. The number of rotatable bonds is 4. The molecule has 2 N–H and O–H groups in total. The molecular weight excluding hydrogens is 406 g/mol. The van der Waals surface area contributed by atoms with Gasteiger partial charge in [-0.1, -0.05) is 50.9 Å². The van der Waals surface area contributed by atoms with Crippen LogP contribution in [-0.2, 0) is 4.84 Å². The highest BCUT2D eigenvalue weighted by Gasteiger charge is 2.29. The fourth-order valence-corrected chi connectivity index (χ4v) is 3.19. The van der Waals surface area contributed by atoms with Crippen LogP contribution in [0.3, 0.4) is 0 Å². The maximum absolute atomic E-state index is 10.5. The van der Waals surface area contributed by atoms with Crippen molar-refractivity contribution in [1.29, 1.82) is 0 Å². The molecule has 2 aromatic carbocycles. The van der Waals surface area contributed by atoms with E-state index in [-0.39, 0.29) is 5.88 Å². The van der Waals surface area contributed by atoms with Gasteiger partial charge in [-0.2, -0.15) is 0 Å². The number of aromatic nitrogens is 1. The molecule has 0 unspecified atom stereocenters. The van der Waals surface area contributed by atoms with E-state index in [2.05, 4.69) is 31.1 Å². The fraction of sp³-hybridized carbons (Fsp3) is 0.111. The summed E-state index contributed by atoms with van der Waals surface area (Å²) in [5.41, 5.74) is 4.14. The summed E-state index contributed by atoms with van der Waals surface area (Å²) in [5, 5.41) is 16.8. The van der Waals surface area contributed by atoms with E-state index >= 15 is 0 Å². The zero-order valence-corrected chi connectivity index (χ0v) is 15.3. The molecule has 126 valence electrons.